The van der Waals surface area contributed by atoms with Gasteiger partial charge in [-0.25, -0.2) is 4.98 Å². The molecule has 2 heterocycles. The third-order valence-corrected chi connectivity index (χ3v) is 4.52. The Morgan fingerprint density at radius 1 is 1.50 bits per heavy atom. The third-order valence-electron chi connectivity index (χ3n) is 2.50. The van der Waals surface area contributed by atoms with Gasteiger partial charge in [0.1, 0.15) is 5.82 Å². The van der Waals surface area contributed by atoms with Crippen molar-refractivity contribution in [2.24, 2.45) is 0 Å². The van der Waals surface area contributed by atoms with Gasteiger partial charge in [0.15, 0.2) is 0 Å². The Kier molecular flexibility index (Phi) is 4.61. The number of pyridine rings is 1. The molecule has 0 bridgehead atoms. The number of anilines is 1. The third kappa shape index (κ3) is 3.23. The number of aromatic nitrogens is 1. The van der Waals surface area contributed by atoms with Gasteiger partial charge in [-0.05, 0) is 28.1 Å². The maximum absolute atomic E-state index is 9.18. The second-order valence-electron chi connectivity index (χ2n) is 3.88. The van der Waals surface area contributed by atoms with Crippen molar-refractivity contribution in [3.8, 4) is 0 Å². The number of rotatable bonds is 4. The summed E-state index contributed by atoms with van der Waals surface area (Å²) in [5.74, 6) is 0.799. The number of halogens is 2. The first kappa shape index (κ1) is 13.8. The van der Waals surface area contributed by atoms with Gasteiger partial charge in [0.05, 0.1) is 18.2 Å². The fourth-order valence-corrected chi connectivity index (χ4v) is 3.22. The van der Waals surface area contributed by atoms with E-state index in [1.54, 1.807) is 17.5 Å². The molecule has 0 radical (unpaired) electrons. The number of hydrogen-bond donors (Lipinski definition) is 1. The summed E-state index contributed by atoms with van der Waals surface area (Å²) in [5, 5.41) is 11.7. The quantitative estimate of drug-likeness (QED) is 0.916. The van der Waals surface area contributed by atoms with Gasteiger partial charge in [0.2, 0.25) is 0 Å². The largest absolute Gasteiger partial charge is 0.392 e. The van der Waals surface area contributed by atoms with Gasteiger partial charge < -0.3 is 10.0 Å². The molecule has 0 saturated heterocycles. The number of aliphatic hydroxyl groups excluding tert-OH is 1. The summed E-state index contributed by atoms with van der Waals surface area (Å²) in [7, 11) is 1.96. The minimum atomic E-state index is -0.0766. The monoisotopic (exact) mass is 346 g/mol. The molecule has 0 aliphatic carbocycles. The van der Waals surface area contributed by atoms with Crippen LogP contribution < -0.4 is 4.90 Å². The highest BCUT2D eigenvalue weighted by atomic mass is 79.9. The van der Waals surface area contributed by atoms with Crippen molar-refractivity contribution in [2.75, 3.05) is 11.9 Å². The topological polar surface area (TPSA) is 36.4 Å². The first-order chi connectivity index (χ1) is 8.60. The summed E-state index contributed by atoms with van der Waals surface area (Å²) in [4.78, 5) is 7.53. The molecule has 0 aliphatic heterocycles. The number of nitrogens with zero attached hydrogens (tertiary/aromatic N) is 2. The molecular weight excluding hydrogens is 336 g/mol. The molecular formula is C12H12BrClN2OS. The normalized spacial score (nSPS) is 10.7. The Hall–Kier alpha value is -0.620. The van der Waals surface area contributed by atoms with Crippen molar-refractivity contribution in [2.45, 2.75) is 13.2 Å². The van der Waals surface area contributed by atoms with Crippen LogP contribution in [-0.2, 0) is 13.2 Å². The lowest BCUT2D eigenvalue weighted by Crippen LogP contribution is -2.17. The Bertz CT molecular complexity index is 547. The van der Waals surface area contributed by atoms with Gasteiger partial charge >= 0.3 is 0 Å². The molecule has 2 rings (SSSR count). The van der Waals surface area contributed by atoms with Gasteiger partial charge in [-0.15, -0.1) is 11.3 Å². The van der Waals surface area contributed by atoms with E-state index in [2.05, 4.69) is 32.4 Å². The second-order valence-corrected chi connectivity index (χ2v) is 6.20. The Balaban J connectivity index is 2.15. The zero-order valence-electron chi connectivity index (χ0n) is 9.73. The number of thiophene rings is 1. The molecule has 0 spiro atoms. The van der Waals surface area contributed by atoms with Crippen LogP contribution in [0, 0.1) is 0 Å². The standard InChI is InChI=1S/C12H12BrClN2OS/c1-16(5-10-3-9(13)7-18-10)12-2-8(6-17)11(14)4-15-12/h2-4,7,17H,5-6H2,1H3. The molecule has 2 aromatic heterocycles. The lowest BCUT2D eigenvalue weighted by molar-refractivity contribution is 0.282. The van der Waals surface area contributed by atoms with Gasteiger partial charge in [0, 0.05) is 33.5 Å². The first-order valence-electron chi connectivity index (χ1n) is 5.29. The van der Waals surface area contributed by atoms with Crippen LogP contribution in [-0.4, -0.2) is 17.1 Å². The Morgan fingerprint density at radius 2 is 2.28 bits per heavy atom. The zero-order valence-corrected chi connectivity index (χ0v) is 12.9. The van der Waals surface area contributed by atoms with Crippen LogP contribution in [0.3, 0.4) is 0 Å². The first-order valence-corrected chi connectivity index (χ1v) is 7.34. The summed E-state index contributed by atoms with van der Waals surface area (Å²) in [6.45, 7) is 0.697. The number of hydrogen-bond acceptors (Lipinski definition) is 4. The van der Waals surface area contributed by atoms with Crippen LogP contribution >= 0.6 is 38.9 Å². The van der Waals surface area contributed by atoms with Crippen molar-refractivity contribution >= 4 is 44.7 Å². The van der Waals surface area contributed by atoms with Gasteiger partial charge in [-0.1, -0.05) is 11.6 Å². The van der Waals surface area contributed by atoms with E-state index in [0.29, 0.717) is 10.6 Å². The van der Waals surface area contributed by atoms with Crippen LogP contribution in [0.1, 0.15) is 10.4 Å². The highest BCUT2D eigenvalue weighted by Gasteiger charge is 2.08. The Morgan fingerprint density at radius 3 is 2.89 bits per heavy atom. The highest BCUT2D eigenvalue weighted by molar-refractivity contribution is 9.10. The van der Waals surface area contributed by atoms with Gasteiger partial charge in [-0.2, -0.15) is 0 Å². The Labute approximate surface area is 123 Å². The van der Waals surface area contributed by atoms with E-state index in [0.717, 1.165) is 16.8 Å². The molecule has 0 amide bonds. The van der Waals surface area contributed by atoms with Crippen LogP contribution in [0.25, 0.3) is 0 Å². The highest BCUT2D eigenvalue weighted by Crippen LogP contribution is 2.24. The maximum Gasteiger partial charge on any atom is 0.129 e. The zero-order chi connectivity index (χ0) is 13.1. The fourth-order valence-electron chi connectivity index (χ4n) is 1.55. The van der Waals surface area contributed by atoms with E-state index in [1.807, 2.05) is 18.0 Å². The predicted molar refractivity (Wildman–Crippen MR) is 79.3 cm³/mol. The van der Waals surface area contributed by atoms with E-state index in [-0.39, 0.29) is 6.61 Å². The van der Waals surface area contributed by atoms with Crippen molar-refractivity contribution in [3.63, 3.8) is 0 Å². The van der Waals surface area contributed by atoms with E-state index < -0.39 is 0 Å². The maximum atomic E-state index is 9.18. The molecule has 1 N–H and O–H groups in total. The minimum Gasteiger partial charge on any atom is -0.392 e. The van der Waals surface area contributed by atoms with Crippen molar-refractivity contribution < 1.29 is 5.11 Å². The van der Waals surface area contributed by atoms with Crippen LogP contribution in [0.2, 0.25) is 5.02 Å². The van der Waals surface area contributed by atoms with Crippen molar-refractivity contribution in [1.82, 2.24) is 4.98 Å². The average molecular weight is 348 g/mol. The molecule has 18 heavy (non-hydrogen) atoms. The van der Waals surface area contributed by atoms with Crippen LogP contribution in [0.15, 0.2) is 28.2 Å². The summed E-state index contributed by atoms with van der Waals surface area (Å²) in [5.41, 5.74) is 0.695. The van der Waals surface area contributed by atoms with E-state index in [9.17, 15) is 5.11 Å². The van der Waals surface area contributed by atoms with Crippen LogP contribution in [0.4, 0.5) is 5.82 Å². The smallest absolute Gasteiger partial charge is 0.129 e. The predicted octanol–water partition coefficient (Wildman–Crippen LogP) is 3.69. The van der Waals surface area contributed by atoms with E-state index >= 15 is 0 Å². The lowest BCUT2D eigenvalue weighted by atomic mass is 10.2. The summed E-state index contributed by atoms with van der Waals surface area (Å²) < 4.78 is 1.09. The van der Waals surface area contributed by atoms with Crippen molar-refractivity contribution in [1.29, 1.82) is 0 Å². The SMILES string of the molecule is CN(Cc1cc(Br)cs1)c1cc(CO)c(Cl)cn1. The van der Waals surface area contributed by atoms with Gasteiger partial charge in [0.25, 0.3) is 0 Å². The van der Waals surface area contributed by atoms with Gasteiger partial charge in [-0.3, -0.25) is 0 Å². The average Bonchev–Trinajstić information content (AvgIpc) is 2.75. The molecule has 0 fully saturated rings. The summed E-state index contributed by atoms with van der Waals surface area (Å²) in [6.07, 6.45) is 1.57. The molecule has 2 aromatic rings. The van der Waals surface area contributed by atoms with E-state index in [1.165, 1.54) is 4.88 Å². The second kappa shape index (κ2) is 6.02. The molecule has 6 heteroatoms. The molecule has 0 aliphatic rings. The van der Waals surface area contributed by atoms with Crippen LogP contribution in [0.5, 0.6) is 0 Å². The fraction of sp³-hybridized carbons (Fsp3) is 0.250. The molecule has 0 saturated carbocycles. The number of aliphatic hydroxyl groups is 1. The van der Waals surface area contributed by atoms with E-state index in [4.69, 9.17) is 11.6 Å². The molecule has 0 aromatic carbocycles. The lowest BCUT2D eigenvalue weighted by Gasteiger charge is -2.18. The minimum absolute atomic E-state index is 0.0766. The molecule has 3 nitrogen and oxygen atoms in total. The molecule has 0 atom stereocenters. The summed E-state index contributed by atoms with van der Waals surface area (Å²) in [6, 6.07) is 3.90. The summed E-state index contributed by atoms with van der Waals surface area (Å²) >= 11 is 11.0. The van der Waals surface area contributed by atoms with Crippen molar-refractivity contribution in [3.05, 3.63) is 43.6 Å². The molecule has 0 unspecified atom stereocenters. The molecule has 96 valence electrons.